The van der Waals surface area contributed by atoms with Gasteiger partial charge in [0.1, 0.15) is 11.6 Å². The summed E-state index contributed by atoms with van der Waals surface area (Å²) in [4.78, 5) is 0. The maximum Gasteiger partial charge on any atom is 0.185 e. The summed E-state index contributed by atoms with van der Waals surface area (Å²) in [5.74, 6) is -1.41. The third-order valence-electron chi connectivity index (χ3n) is 2.65. The van der Waals surface area contributed by atoms with E-state index < -0.39 is 11.6 Å². The van der Waals surface area contributed by atoms with E-state index in [0.29, 0.717) is 12.7 Å². The molecule has 0 saturated carbocycles. The number of methoxy groups -OCH3 is 1. The van der Waals surface area contributed by atoms with Crippen molar-refractivity contribution in [3.05, 3.63) is 23.8 Å². The van der Waals surface area contributed by atoms with Crippen LogP contribution in [0.2, 0.25) is 0 Å². The van der Waals surface area contributed by atoms with Crippen molar-refractivity contribution in [2.24, 2.45) is 0 Å². The number of ether oxygens (including phenoxy) is 1. The third kappa shape index (κ3) is 2.53. The molecule has 2 rings (SSSR count). The largest absolute Gasteiger partial charge is 0.396 e. The molecule has 0 aliphatic heterocycles. The summed E-state index contributed by atoms with van der Waals surface area (Å²) < 4.78 is 33.3. The number of hydrogen-bond donors (Lipinski definition) is 1. The molecule has 19 heavy (non-hydrogen) atoms. The lowest BCUT2D eigenvalue weighted by atomic mass is 10.1. The van der Waals surface area contributed by atoms with Crippen molar-refractivity contribution in [2.45, 2.75) is 13.0 Å². The molecule has 1 aromatic heterocycles. The van der Waals surface area contributed by atoms with Gasteiger partial charge in [-0.05, 0) is 23.4 Å². The fourth-order valence-corrected chi connectivity index (χ4v) is 1.72. The second kappa shape index (κ2) is 5.27. The topological polar surface area (TPSA) is 78.8 Å². The molecule has 0 fully saturated rings. The van der Waals surface area contributed by atoms with Crippen molar-refractivity contribution in [1.29, 1.82) is 0 Å². The highest BCUT2D eigenvalue weighted by Crippen LogP contribution is 2.26. The first-order chi connectivity index (χ1) is 9.04. The Morgan fingerprint density at radius 3 is 2.79 bits per heavy atom. The standard InChI is InChI=1S/C11H13F2N5O/c1-6(5-19-2)18-11(15-16-17-18)7-3-10(14)9(13)4-8(7)12/h3-4,6H,5,14H2,1-2H3. The molecule has 1 aromatic carbocycles. The zero-order chi connectivity index (χ0) is 14.0. The van der Waals surface area contributed by atoms with Crippen LogP contribution >= 0.6 is 0 Å². The number of halogens is 2. The molecule has 102 valence electrons. The van der Waals surface area contributed by atoms with Crippen molar-refractivity contribution < 1.29 is 13.5 Å². The molecule has 0 aliphatic carbocycles. The van der Waals surface area contributed by atoms with Gasteiger partial charge in [0, 0.05) is 13.2 Å². The van der Waals surface area contributed by atoms with Crippen LogP contribution < -0.4 is 5.73 Å². The number of hydrogen-bond acceptors (Lipinski definition) is 5. The Kier molecular flexibility index (Phi) is 3.70. The van der Waals surface area contributed by atoms with Crippen LogP contribution in [0.1, 0.15) is 13.0 Å². The van der Waals surface area contributed by atoms with Crippen LogP contribution in [0.5, 0.6) is 0 Å². The van der Waals surface area contributed by atoms with Crippen molar-refractivity contribution in [3.63, 3.8) is 0 Å². The monoisotopic (exact) mass is 269 g/mol. The second-order valence-electron chi connectivity index (χ2n) is 4.10. The molecule has 0 radical (unpaired) electrons. The molecule has 0 spiro atoms. The van der Waals surface area contributed by atoms with Gasteiger partial charge in [0.2, 0.25) is 0 Å². The first kappa shape index (κ1) is 13.3. The van der Waals surface area contributed by atoms with E-state index >= 15 is 0 Å². The van der Waals surface area contributed by atoms with Crippen LogP contribution in [0.4, 0.5) is 14.5 Å². The fourth-order valence-electron chi connectivity index (χ4n) is 1.72. The Bertz CT molecular complexity index is 586. The zero-order valence-corrected chi connectivity index (χ0v) is 10.5. The Morgan fingerprint density at radius 1 is 1.37 bits per heavy atom. The number of tetrazole rings is 1. The van der Waals surface area contributed by atoms with E-state index in [4.69, 9.17) is 10.5 Å². The van der Waals surface area contributed by atoms with Crippen molar-refractivity contribution in [3.8, 4) is 11.4 Å². The smallest absolute Gasteiger partial charge is 0.185 e. The third-order valence-corrected chi connectivity index (χ3v) is 2.65. The van der Waals surface area contributed by atoms with E-state index in [-0.39, 0.29) is 23.1 Å². The van der Waals surface area contributed by atoms with Gasteiger partial charge in [0.25, 0.3) is 0 Å². The second-order valence-corrected chi connectivity index (χ2v) is 4.10. The van der Waals surface area contributed by atoms with Gasteiger partial charge in [-0.15, -0.1) is 5.10 Å². The zero-order valence-electron chi connectivity index (χ0n) is 10.5. The molecule has 8 heteroatoms. The molecule has 0 saturated heterocycles. The number of aromatic nitrogens is 4. The highest BCUT2D eigenvalue weighted by Gasteiger charge is 2.19. The van der Waals surface area contributed by atoms with E-state index in [0.717, 1.165) is 0 Å². The normalized spacial score (nSPS) is 12.6. The molecule has 0 aliphatic rings. The van der Waals surface area contributed by atoms with Crippen LogP contribution in [0.25, 0.3) is 11.4 Å². The molecule has 0 amide bonds. The molecule has 1 atom stereocenters. The molecular formula is C11H13F2N5O. The van der Waals surface area contributed by atoms with Crippen molar-refractivity contribution in [2.75, 3.05) is 19.5 Å². The van der Waals surface area contributed by atoms with Gasteiger partial charge >= 0.3 is 0 Å². The van der Waals surface area contributed by atoms with Crippen LogP contribution in [-0.4, -0.2) is 33.9 Å². The van der Waals surface area contributed by atoms with E-state index in [1.54, 1.807) is 0 Å². The maximum atomic E-state index is 13.8. The fraction of sp³-hybridized carbons (Fsp3) is 0.364. The summed E-state index contributed by atoms with van der Waals surface area (Å²) in [6.07, 6.45) is 0. The molecule has 2 aromatic rings. The van der Waals surface area contributed by atoms with E-state index in [1.165, 1.54) is 17.9 Å². The summed E-state index contributed by atoms with van der Waals surface area (Å²) >= 11 is 0. The predicted octanol–water partition coefficient (Wildman–Crippen LogP) is 1.41. The lowest BCUT2D eigenvalue weighted by molar-refractivity contribution is 0.156. The average Bonchev–Trinajstić information content (AvgIpc) is 2.83. The molecule has 1 heterocycles. The molecular weight excluding hydrogens is 256 g/mol. The van der Waals surface area contributed by atoms with Gasteiger partial charge in [-0.1, -0.05) is 0 Å². The lowest BCUT2D eigenvalue weighted by Crippen LogP contribution is -2.14. The van der Waals surface area contributed by atoms with Crippen LogP contribution in [-0.2, 0) is 4.74 Å². The molecule has 1 unspecified atom stereocenters. The quantitative estimate of drug-likeness (QED) is 0.849. The predicted molar refractivity (Wildman–Crippen MR) is 64.2 cm³/mol. The van der Waals surface area contributed by atoms with Gasteiger partial charge in [-0.2, -0.15) is 0 Å². The number of rotatable bonds is 4. The van der Waals surface area contributed by atoms with Crippen LogP contribution in [0.3, 0.4) is 0 Å². The summed E-state index contributed by atoms with van der Waals surface area (Å²) in [6, 6.07) is 1.69. The summed E-state index contributed by atoms with van der Waals surface area (Å²) in [5, 5.41) is 11.0. The van der Waals surface area contributed by atoms with E-state index in [1.807, 2.05) is 6.92 Å². The van der Waals surface area contributed by atoms with Crippen molar-refractivity contribution >= 4 is 5.69 Å². The van der Waals surface area contributed by atoms with E-state index in [9.17, 15) is 8.78 Å². The van der Waals surface area contributed by atoms with Gasteiger partial charge < -0.3 is 10.5 Å². The Hall–Kier alpha value is -2.09. The summed E-state index contributed by atoms with van der Waals surface area (Å²) in [7, 11) is 1.54. The first-order valence-electron chi connectivity index (χ1n) is 5.56. The molecule has 0 bridgehead atoms. The highest BCUT2D eigenvalue weighted by molar-refractivity contribution is 5.62. The Labute approximate surface area is 108 Å². The van der Waals surface area contributed by atoms with Gasteiger partial charge in [0.05, 0.1) is 23.9 Å². The van der Waals surface area contributed by atoms with Gasteiger partial charge in [-0.25, -0.2) is 13.5 Å². The van der Waals surface area contributed by atoms with Crippen LogP contribution in [0, 0.1) is 11.6 Å². The number of nitrogens with two attached hydrogens (primary N) is 1. The first-order valence-corrected chi connectivity index (χ1v) is 5.56. The Morgan fingerprint density at radius 2 is 2.11 bits per heavy atom. The summed E-state index contributed by atoms with van der Waals surface area (Å²) in [6.45, 7) is 2.17. The van der Waals surface area contributed by atoms with E-state index in [2.05, 4.69) is 15.5 Å². The molecule has 2 N–H and O–H groups in total. The Balaban J connectivity index is 2.48. The number of anilines is 1. The number of benzene rings is 1. The highest BCUT2D eigenvalue weighted by atomic mass is 19.1. The minimum absolute atomic E-state index is 0.0480. The minimum atomic E-state index is -0.815. The van der Waals surface area contributed by atoms with Crippen LogP contribution in [0.15, 0.2) is 12.1 Å². The number of nitrogen functional groups attached to an aromatic ring is 1. The number of nitrogens with zero attached hydrogens (tertiary/aromatic N) is 4. The lowest BCUT2D eigenvalue weighted by Gasteiger charge is -2.12. The van der Waals surface area contributed by atoms with Gasteiger partial charge in [-0.3, -0.25) is 0 Å². The summed E-state index contributed by atoms with van der Waals surface area (Å²) in [5.41, 5.74) is 5.32. The average molecular weight is 269 g/mol. The van der Waals surface area contributed by atoms with Gasteiger partial charge in [0.15, 0.2) is 5.82 Å². The maximum absolute atomic E-state index is 13.8. The molecule has 6 nitrogen and oxygen atoms in total. The minimum Gasteiger partial charge on any atom is -0.396 e. The SMILES string of the molecule is COCC(C)n1nnnc1-c1cc(N)c(F)cc1F. The van der Waals surface area contributed by atoms with Crippen molar-refractivity contribution in [1.82, 2.24) is 20.2 Å².